The zero-order chi connectivity index (χ0) is 5.70. The van der Waals surface area contributed by atoms with Gasteiger partial charge in [0.25, 0.3) is 0 Å². The molecule has 0 amide bonds. The summed E-state index contributed by atoms with van der Waals surface area (Å²) >= 11 is 2.51. The minimum atomic E-state index is 0.131. The topological polar surface area (TPSA) is 3.24 Å². The van der Waals surface area contributed by atoms with Crippen molar-refractivity contribution in [3.63, 3.8) is 0 Å². The van der Waals surface area contributed by atoms with Crippen molar-refractivity contribution in [2.24, 2.45) is 0 Å². The van der Waals surface area contributed by atoms with E-state index in [9.17, 15) is 0 Å². The summed E-state index contributed by atoms with van der Waals surface area (Å²) < 4.78 is 2.50. The first-order valence-electron chi connectivity index (χ1n) is 2.63. The van der Waals surface area contributed by atoms with E-state index in [0.717, 1.165) is 0 Å². The first-order chi connectivity index (χ1) is 3.35. The number of hydrogen-bond donors (Lipinski definition) is 0. The largest absolute Gasteiger partial charge is 0.321 e. The molecule has 0 fully saturated rings. The summed E-state index contributed by atoms with van der Waals surface area (Å²) in [6.45, 7) is 6.92. The molecule has 0 rings (SSSR count). The van der Waals surface area contributed by atoms with E-state index in [1.807, 2.05) is 0 Å². The molecule has 0 saturated heterocycles. The van der Waals surface area contributed by atoms with E-state index in [1.54, 1.807) is 0 Å². The maximum atomic E-state index is 2.51. The summed E-state index contributed by atoms with van der Waals surface area (Å²) in [5.74, 6) is 0. The molecule has 0 atom stereocenters. The lowest BCUT2D eigenvalue weighted by Gasteiger charge is -2.12. The molecule has 0 spiro atoms. The average molecular weight is 229 g/mol. The van der Waals surface area contributed by atoms with Gasteiger partial charge in [0.2, 0.25) is 0 Å². The second kappa shape index (κ2) is 5.05. The molecule has 7 heavy (non-hydrogen) atoms. The van der Waals surface area contributed by atoms with Gasteiger partial charge in [0.05, 0.1) is 0 Å². The molecule has 3 heteroatoms. The molecule has 0 radical (unpaired) electrons. The van der Waals surface area contributed by atoms with Crippen molar-refractivity contribution in [2.45, 2.75) is 13.8 Å². The van der Waals surface area contributed by atoms with Gasteiger partial charge in [0.1, 0.15) is 0 Å². The van der Waals surface area contributed by atoms with Crippen LogP contribution < -0.4 is 0 Å². The maximum Gasteiger partial charge on any atom is 0.166 e. The van der Waals surface area contributed by atoms with Crippen LogP contribution in [0.2, 0.25) is 0 Å². The fourth-order valence-corrected chi connectivity index (χ4v) is 3.63. The van der Waals surface area contributed by atoms with E-state index in [0.29, 0.717) is 0 Å². The van der Waals surface area contributed by atoms with E-state index in [2.05, 4.69) is 40.2 Å². The van der Waals surface area contributed by atoms with Gasteiger partial charge in [0, 0.05) is 0 Å². The van der Waals surface area contributed by atoms with Gasteiger partial charge in [-0.15, -0.1) is 21.8 Å². The lowest BCUT2D eigenvalue weighted by Crippen LogP contribution is -2.22. The molecule has 0 aliphatic heterocycles. The molecule has 0 bridgehead atoms. The quantitative estimate of drug-likeness (QED) is 0.392. The van der Waals surface area contributed by atoms with Crippen molar-refractivity contribution in [3.05, 3.63) is 0 Å². The second-order valence-electron chi connectivity index (χ2n) is 1.42. The Labute approximate surface area is 60.6 Å². The number of hydrogen-bond acceptors (Lipinski definition) is 1. The second-order valence-corrected chi connectivity index (χ2v) is 4.60. The summed E-state index contributed by atoms with van der Waals surface area (Å²) in [7, 11) is 0.131. The highest BCUT2D eigenvalue weighted by Crippen LogP contribution is 1.86. The molecule has 0 aliphatic rings. The Hall–Kier alpha value is 0.907. The lowest BCUT2D eigenvalue weighted by molar-refractivity contribution is 0.504. The summed E-state index contributed by atoms with van der Waals surface area (Å²) in [4.78, 5) is 0. The van der Waals surface area contributed by atoms with Gasteiger partial charge in [-0.1, -0.05) is 13.8 Å². The molecule has 0 aromatic heterocycles. The van der Waals surface area contributed by atoms with E-state index >= 15 is 0 Å². The fourth-order valence-electron chi connectivity index (χ4n) is 0.393. The third-order valence-electron chi connectivity index (χ3n) is 1.06. The molecule has 0 aromatic carbocycles. The van der Waals surface area contributed by atoms with Crippen molar-refractivity contribution in [1.29, 1.82) is 0 Å². The smallest absolute Gasteiger partial charge is 0.166 e. The maximum absolute atomic E-state index is 2.51. The summed E-state index contributed by atoms with van der Waals surface area (Å²) in [6, 6.07) is 0. The van der Waals surface area contributed by atoms with Gasteiger partial charge in [-0.2, -0.15) is 0 Å². The molecule has 0 heterocycles. The Kier molecular flexibility index (Phi) is 5.71. The van der Waals surface area contributed by atoms with Gasteiger partial charge in [0.15, 0.2) is 7.18 Å². The minimum absolute atomic E-state index is 0.131. The van der Waals surface area contributed by atoms with Crippen LogP contribution in [0.1, 0.15) is 13.8 Å². The molecular formula is C4H12INSi. The number of rotatable bonds is 3. The minimum Gasteiger partial charge on any atom is -0.321 e. The van der Waals surface area contributed by atoms with Gasteiger partial charge in [-0.25, -0.2) is 0 Å². The van der Waals surface area contributed by atoms with Gasteiger partial charge < -0.3 is 4.57 Å². The Bertz CT molecular complexity index is 33.2. The summed E-state index contributed by atoms with van der Waals surface area (Å²) in [5.41, 5.74) is 0. The van der Waals surface area contributed by atoms with Crippen LogP contribution in [0.5, 0.6) is 0 Å². The first kappa shape index (κ1) is 7.91. The Morgan fingerprint density at radius 1 is 1.43 bits per heavy atom. The molecule has 0 saturated carbocycles. The zero-order valence-corrected chi connectivity index (χ0v) is 8.52. The lowest BCUT2D eigenvalue weighted by atomic mass is 10.7. The SMILES string of the molecule is CCN(CC)[SiH2]I. The van der Waals surface area contributed by atoms with Gasteiger partial charge >= 0.3 is 0 Å². The van der Waals surface area contributed by atoms with E-state index < -0.39 is 0 Å². The van der Waals surface area contributed by atoms with Crippen molar-refractivity contribution >= 4 is 29.0 Å². The predicted octanol–water partition coefficient (Wildman–Crippen LogP) is 0.762. The number of halogens is 1. The van der Waals surface area contributed by atoms with Crippen molar-refractivity contribution in [2.75, 3.05) is 13.1 Å². The van der Waals surface area contributed by atoms with Crippen molar-refractivity contribution in [1.82, 2.24) is 4.57 Å². The first-order valence-corrected chi connectivity index (χ1v) is 8.37. The molecule has 0 N–H and O–H groups in total. The summed E-state index contributed by atoms with van der Waals surface area (Å²) in [6.07, 6.45) is 0. The van der Waals surface area contributed by atoms with Crippen LogP contribution in [-0.2, 0) is 0 Å². The highest BCUT2D eigenvalue weighted by Gasteiger charge is 1.91. The standard InChI is InChI=1S/C4H12INSi/c1-3-6(4-2)7-5/h3-4,7H2,1-2H3. The van der Waals surface area contributed by atoms with Crippen molar-refractivity contribution in [3.8, 4) is 0 Å². The van der Waals surface area contributed by atoms with Crippen LogP contribution >= 0.6 is 21.8 Å². The van der Waals surface area contributed by atoms with Crippen LogP contribution in [0.15, 0.2) is 0 Å². The molecule has 0 aromatic rings. The highest BCUT2D eigenvalue weighted by molar-refractivity contribution is 14.1. The zero-order valence-electron chi connectivity index (χ0n) is 4.95. The van der Waals surface area contributed by atoms with Crippen molar-refractivity contribution < 1.29 is 0 Å². The van der Waals surface area contributed by atoms with Crippen LogP contribution in [0, 0.1) is 0 Å². The summed E-state index contributed by atoms with van der Waals surface area (Å²) in [5, 5.41) is 0. The van der Waals surface area contributed by atoms with Gasteiger partial charge in [-0.3, -0.25) is 0 Å². The molecule has 1 nitrogen and oxygen atoms in total. The molecular weight excluding hydrogens is 217 g/mol. The van der Waals surface area contributed by atoms with E-state index in [1.165, 1.54) is 13.1 Å². The van der Waals surface area contributed by atoms with E-state index in [4.69, 9.17) is 0 Å². The van der Waals surface area contributed by atoms with E-state index in [-0.39, 0.29) is 7.18 Å². The average Bonchev–Trinajstić information content (AvgIpc) is 1.72. The predicted molar refractivity (Wildman–Crippen MR) is 45.5 cm³/mol. The van der Waals surface area contributed by atoms with Crippen LogP contribution in [0.4, 0.5) is 0 Å². The Morgan fingerprint density at radius 3 is 1.86 bits per heavy atom. The van der Waals surface area contributed by atoms with Crippen LogP contribution in [0.3, 0.4) is 0 Å². The van der Waals surface area contributed by atoms with Crippen LogP contribution in [0.25, 0.3) is 0 Å². The number of nitrogens with zero attached hydrogens (tertiary/aromatic N) is 1. The molecule has 0 aliphatic carbocycles. The normalized spacial score (nSPS) is 12.0. The molecule has 44 valence electrons. The monoisotopic (exact) mass is 229 g/mol. The fraction of sp³-hybridized carbons (Fsp3) is 1.00. The van der Waals surface area contributed by atoms with Crippen LogP contribution in [-0.4, -0.2) is 24.8 Å². The third kappa shape index (κ3) is 3.49. The Morgan fingerprint density at radius 2 is 1.86 bits per heavy atom. The highest BCUT2D eigenvalue weighted by atomic mass is 127. The van der Waals surface area contributed by atoms with Gasteiger partial charge in [-0.05, 0) is 13.1 Å². The Balaban J connectivity index is 2.99. The third-order valence-corrected chi connectivity index (χ3v) is 5.19. The molecule has 0 unspecified atom stereocenters.